The number of hydrazine groups is 1. The molecular formula is C7H14N2O. The fourth-order valence-electron chi connectivity index (χ4n) is 0.541. The van der Waals surface area contributed by atoms with Crippen LogP contribution in [0.15, 0.2) is 24.1 Å². The Morgan fingerprint density at radius 2 is 2.40 bits per heavy atom. The Morgan fingerprint density at radius 3 is 2.70 bits per heavy atom. The highest BCUT2D eigenvalue weighted by atomic mass is 16.5. The number of hydrogen-bond donors (Lipinski definition) is 2. The van der Waals surface area contributed by atoms with Crippen LogP contribution < -0.4 is 11.3 Å². The maximum absolute atomic E-state index is 5.08. The first-order valence-corrected chi connectivity index (χ1v) is 3.14. The molecule has 0 aliphatic carbocycles. The van der Waals surface area contributed by atoms with Gasteiger partial charge < -0.3 is 10.2 Å². The van der Waals surface area contributed by atoms with Gasteiger partial charge in [-0.15, -0.1) is 0 Å². The molecule has 0 saturated carbocycles. The molecule has 0 unspecified atom stereocenters. The van der Waals surface area contributed by atoms with Gasteiger partial charge in [-0.3, -0.25) is 5.84 Å². The standard InChI is InChI=1S/C7H14N2O/c1-4-7(10-3)5-6(2)9-8/h5,9H,2,4,8H2,1,3H3/b7-5+. The van der Waals surface area contributed by atoms with Gasteiger partial charge in [-0.05, 0) is 6.08 Å². The molecule has 0 heterocycles. The average Bonchev–Trinajstić information content (AvgIpc) is 1.99. The van der Waals surface area contributed by atoms with E-state index in [2.05, 4.69) is 12.0 Å². The minimum Gasteiger partial charge on any atom is -0.501 e. The lowest BCUT2D eigenvalue weighted by Crippen LogP contribution is -2.19. The number of hydrogen-bond acceptors (Lipinski definition) is 3. The van der Waals surface area contributed by atoms with Gasteiger partial charge in [0.25, 0.3) is 0 Å². The van der Waals surface area contributed by atoms with E-state index in [9.17, 15) is 0 Å². The molecule has 0 bridgehead atoms. The first-order chi connectivity index (χ1) is 4.74. The molecule has 0 fully saturated rings. The van der Waals surface area contributed by atoms with Gasteiger partial charge in [-0.25, -0.2) is 0 Å². The second kappa shape index (κ2) is 4.88. The zero-order valence-corrected chi connectivity index (χ0v) is 6.48. The van der Waals surface area contributed by atoms with Gasteiger partial charge in [0, 0.05) is 12.1 Å². The van der Waals surface area contributed by atoms with Crippen molar-refractivity contribution < 1.29 is 4.74 Å². The number of allylic oxidation sites excluding steroid dienone is 2. The smallest absolute Gasteiger partial charge is 0.0973 e. The zero-order chi connectivity index (χ0) is 7.98. The van der Waals surface area contributed by atoms with E-state index in [-0.39, 0.29) is 0 Å². The van der Waals surface area contributed by atoms with E-state index in [0.717, 1.165) is 12.2 Å². The molecule has 0 amide bonds. The lowest BCUT2D eigenvalue weighted by molar-refractivity contribution is 0.280. The minimum atomic E-state index is 0.652. The predicted octanol–water partition coefficient (Wildman–Crippen LogP) is 0.904. The number of methoxy groups -OCH3 is 1. The molecule has 0 aliphatic rings. The van der Waals surface area contributed by atoms with Crippen molar-refractivity contribution in [3.63, 3.8) is 0 Å². The summed E-state index contributed by atoms with van der Waals surface area (Å²) >= 11 is 0. The molecule has 3 heteroatoms. The third-order valence-corrected chi connectivity index (χ3v) is 1.13. The molecule has 0 rings (SSSR count). The quantitative estimate of drug-likeness (QED) is 0.265. The number of nitrogens with one attached hydrogen (secondary N) is 1. The predicted molar refractivity (Wildman–Crippen MR) is 41.8 cm³/mol. The topological polar surface area (TPSA) is 47.3 Å². The van der Waals surface area contributed by atoms with Crippen LogP contribution in [-0.4, -0.2) is 7.11 Å². The number of rotatable bonds is 4. The summed E-state index contributed by atoms with van der Waals surface area (Å²) in [6, 6.07) is 0. The van der Waals surface area contributed by atoms with Crippen LogP contribution in [0.3, 0.4) is 0 Å². The van der Waals surface area contributed by atoms with E-state index in [1.807, 2.05) is 6.92 Å². The van der Waals surface area contributed by atoms with Crippen LogP contribution in [0, 0.1) is 0 Å². The zero-order valence-electron chi connectivity index (χ0n) is 6.48. The molecule has 10 heavy (non-hydrogen) atoms. The van der Waals surface area contributed by atoms with E-state index in [4.69, 9.17) is 10.6 Å². The summed E-state index contributed by atoms with van der Waals surface area (Å²) in [7, 11) is 1.62. The Hall–Kier alpha value is -0.960. The van der Waals surface area contributed by atoms with Crippen molar-refractivity contribution in [2.75, 3.05) is 7.11 Å². The van der Waals surface area contributed by atoms with Gasteiger partial charge in [-0.1, -0.05) is 13.5 Å². The Labute approximate surface area is 61.5 Å². The first kappa shape index (κ1) is 9.04. The average molecular weight is 142 g/mol. The summed E-state index contributed by atoms with van der Waals surface area (Å²) < 4.78 is 4.98. The SMILES string of the molecule is C=C(/C=C(\CC)OC)NN. The second-order valence-electron chi connectivity index (χ2n) is 1.84. The molecule has 0 radical (unpaired) electrons. The van der Waals surface area contributed by atoms with E-state index < -0.39 is 0 Å². The third kappa shape index (κ3) is 3.14. The van der Waals surface area contributed by atoms with Crippen LogP contribution in [0.5, 0.6) is 0 Å². The Kier molecular flexibility index (Phi) is 4.41. The van der Waals surface area contributed by atoms with Gasteiger partial charge in [0.1, 0.15) is 0 Å². The molecule has 0 aromatic carbocycles. The van der Waals surface area contributed by atoms with Gasteiger partial charge in [0.2, 0.25) is 0 Å². The van der Waals surface area contributed by atoms with Crippen molar-refractivity contribution in [3.05, 3.63) is 24.1 Å². The highest BCUT2D eigenvalue weighted by Gasteiger charge is 1.90. The van der Waals surface area contributed by atoms with E-state index in [0.29, 0.717) is 5.70 Å². The Bertz CT molecular complexity index is 135. The van der Waals surface area contributed by atoms with Crippen molar-refractivity contribution in [3.8, 4) is 0 Å². The van der Waals surface area contributed by atoms with Crippen molar-refractivity contribution >= 4 is 0 Å². The largest absolute Gasteiger partial charge is 0.501 e. The summed E-state index contributed by atoms with van der Waals surface area (Å²) in [6.45, 7) is 5.62. The second-order valence-corrected chi connectivity index (χ2v) is 1.84. The lowest BCUT2D eigenvalue weighted by atomic mass is 10.3. The molecule has 0 aromatic rings. The number of nitrogens with two attached hydrogens (primary N) is 1. The van der Waals surface area contributed by atoms with E-state index >= 15 is 0 Å². The molecule has 58 valence electrons. The van der Waals surface area contributed by atoms with Crippen molar-refractivity contribution in [2.24, 2.45) is 5.84 Å². The highest BCUT2D eigenvalue weighted by molar-refractivity contribution is 5.14. The molecule has 0 aromatic heterocycles. The summed E-state index contributed by atoms with van der Waals surface area (Å²) in [6.07, 6.45) is 2.61. The number of ether oxygens (including phenoxy) is 1. The van der Waals surface area contributed by atoms with Crippen molar-refractivity contribution in [1.82, 2.24) is 5.43 Å². The van der Waals surface area contributed by atoms with Crippen molar-refractivity contribution in [1.29, 1.82) is 0 Å². The Balaban J connectivity index is 3.96. The van der Waals surface area contributed by atoms with Gasteiger partial charge in [-0.2, -0.15) is 0 Å². The molecule has 0 saturated heterocycles. The summed E-state index contributed by atoms with van der Waals surface area (Å²) in [5.74, 6) is 5.94. The fraction of sp³-hybridized carbons (Fsp3) is 0.429. The van der Waals surface area contributed by atoms with Crippen molar-refractivity contribution in [2.45, 2.75) is 13.3 Å². The molecule has 3 N–H and O–H groups in total. The summed E-state index contributed by atoms with van der Waals surface area (Å²) in [5.41, 5.74) is 3.06. The lowest BCUT2D eigenvalue weighted by Gasteiger charge is -2.03. The van der Waals surface area contributed by atoms with Gasteiger partial charge in [0.05, 0.1) is 12.9 Å². The maximum atomic E-state index is 5.08. The monoisotopic (exact) mass is 142 g/mol. The minimum absolute atomic E-state index is 0.652. The first-order valence-electron chi connectivity index (χ1n) is 3.14. The van der Waals surface area contributed by atoms with Crippen LogP contribution in [0.4, 0.5) is 0 Å². The molecule has 0 atom stereocenters. The molecule has 0 spiro atoms. The van der Waals surface area contributed by atoms with Crippen LogP contribution >= 0.6 is 0 Å². The van der Waals surface area contributed by atoms with Crippen LogP contribution in [0.1, 0.15) is 13.3 Å². The van der Waals surface area contributed by atoms with E-state index in [1.54, 1.807) is 13.2 Å². The fourth-order valence-corrected chi connectivity index (χ4v) is 0.541. The normalized spacial score (nSPS) is 10.9. The summed E-state index contributed by atoms with van der Waals surface area (Å²) in [4.78, 5) is 0. The highest BCUT2D eigenvalue weighted by Crippen LogP contribution is 2.02. The van der Waals surface area contributed by atoms with Crippen LogP contribution in [0.2, 0.25) is 0 Å². The maximum Gasteiger partial charge on any atom is 0.0973 e. The van der Waals surface area contributed by atoms with Crippen LogP contribution in [0.25, 0.3) is 0 Å². The van der Waals surface area contributed by atoms with Gasteiger partial charge in [0.15, 0.2) is 0 Å². The van der Waals surface area contributed by atoms with E-state index in [1.165, 1.54) is 0 Å². The molecule has 0 aliphatic heterocycles. The third-order valence-electron chi connectivity index (χ3n) is 1.13. The Morgan fingerprint density at radius 1 is 1.80 bits per heavy atom. The summed E-state index contributed by atoms with van der Waals surface area (Å²) in [5, 5.41) is 0. The van der Waals surface area contributed by atoms with Crippen LogP contribution in [-0.2, 0) is 4.74 Å². The van der Waals surface area contributed by atoms with Gasteiger partial charge >= 0.3 is 0 Å². The molecule has 3 nitrogen and oxygen atoms in total. The molecular weight excluding hydrogens is 128 g/mol.